The highest BCUT2D eigenvalue weighted by molar-refractivity contribution is 5.74. The number of aromatic hydroxyl groups is 1. The monoisotopic (exact) mass is 274 g/mol. The van der Waals surface area contributed by atoms with Crippen LogP contribution in [0.5, 0.6) is 5.75 Å². The highest BCUT2D eigenvalue weighted by Gasteiger charge is 2.17. The zero-order valence-electron chi connectivity index (χ0n) is 11.8. The zero-order valence-corrected chi connectivity index (χ0v) is 11.8. The summed E-state index contributed by atoms with van der Waals surface area (Å²) in [5.41, 5.74) is 2.83. The average Bonchev–Trinajstić information content (AvgIpc) is 2.87. The quantitative estimate of drug-likeness (QED) is 0.871. The fraction of sp³-hybridized carbons (Fsp3) is 0.333. The highest BCUT2D eigenvalue weighted by atomic mass is 16.5. The number of nitrogens with zero attached hydrogens (tertiary/aromatic N) is 2. The molecule has 106 valence electrons. The van der Waals surface area contributed by atoms with Gasteiger partial charge in [0.25, 0.3) is 0 Å². The van der Waals surface area contributed by atoms with Crippen LogP contribution in [0.2, 0.25) is 0 Å². The number of aryl methyl sites for hydroxylation is 1. The van der Waals surface area contributed by atoms with E-state index in [0.29, 0.717) is 6.61 Å². The topological polar surface area (TPSA) is 64.3 Å². The molecular formula is C15H18N2O3. The Morgan fingerprint density at radius 3 is 2.90 bits per heavy atom. The Morgan fingerprint density at radius 2 is 2.25 bits per heavy atom. The van der Waals surface area contributed by atoms with E-state index in [1.54, 1.807) is 43.1 Å². The molecule has 0 amide bonds. The molecule has 1 N–H and O–H groups in total. The van der Waals surface area contributed by atoms with Crippen molar-refractivity contribution in [2.75, 3.05) is 6.61 Å². The first-order valence-corrected chi connectivity index (χ1v) is 6.53. The van der Waals surface area contributed by atoms with Crippen molar-refractivity contribution in [1.29, 1.82) is 0 Å². The van der Waals surface area contributed by atoms with Gasteiger partial charge in [0.2, 0.25) is 0 Å². The maximum Gasteiger partial charge on any atom is 0.330 e. The summed E-state index contributed by atoms with van der Waals surface area (Å²) in [4.78, 5) is 11.7. The molecule has 1 aromatic carbocycles. The Morgan fingerprint density at radius 1 is 1.50 bits per heavy atom. The lowest BCUT2D eigenvalue weighted by Crippen LogP contribution is -2.19. The van der Waals surface area contributed by atoms with Crippen LogP contribution in [-0.2, 0) is 9.53 Å². The van der Waals surface area contributed by atoms with Crippen LogP contribution >= 0.6 is 0 Å². The molecule has 0 saturated carbocycles. The van der Waals surface area contributed by atoms with Gasteiger partial charge in [0, 0.05) is 11.8 Å². The first kappa shape index (κ1) is 14.1. The predicted molar refractivity (Wildman–Crippen MR) is 75.4 cm³/mol. The second-order valence-corrected chi connectivity index (χ2v) is 4.64. The van der Waals surface area contributed by atoms with Gasteiger partial charge in [0.05, 0.1) is 12.8 Å². The van der Waals surface area contributed by atoms with Gasteiger partial charge in [-0.05, 0) is 44.0 Å². The number of ether oxygens (including phenoxy) is 1. The van der Waals surface area contributed by atoms with E-state index in [9.17, 15) is 9.90 Å². The minimum absolute atomic E-state index is 0.235. The highest BCUT2D eigenvalue weighted by Crippen LogP contribution is 2.26. The van der Waals surface area contributed by atoms with Gasteiger partial charge in [0.15, 0.2) is 0 Å². The Balaban J connectivity index is 2.26. The van der Waals surface area contributed by atoms with Gasteiger partial charge in [0.1, 0.15) is 11.8 Å². The minimum Gasteiger partial charge on any atom is -0.508 e. The van der Waals surface area contributed by atoms with Crippen LogP contribution in [0.3, 0.4) is 0 Å². The Kier molecular flexibility index (Phi) is 4.08. The number of carbonyl (C=O) groups excluding carboxylic acids is 1. The fourth-order valence-corrected chi connectivity index (χ4v) is 2.03. The standard InChI is InChI=1S/C15H18N2O3/c1-4-20-15(19)11(3)17-9-12(8-16-17)14-6-5-13(18)7-10(14)2/h5-9,11,18H,4H2,1-3H3. The molecule has 2 rings (SSSR count). The van der Waals surface area contributed by atoms with Gasteiger partial charge >= 0.3 is 5.97 Å². The molecule has 0 fully saturated rings. The Labute approximate surface area is 117 Å². The number of aromatic nitrogens is 2. The SMILES string of the molecule is CCOC(=O)C(C)n1cc(-c2ccc(O)cc2C)cn1. The van der Waals surface area contributed by atoms with Crippen LogP contribution in [0.1, 0.15) is 25.5 Å². The number of phenols is 1. The van der Waals surface area contributed by atoms with Crippen LogP contribution in [0.25, 0.3) is 11.1 Å². The van der Waals surface area contributed by atoms with Crippen molar-refractivity contribution in [3.8, 4) is 16.9 Å². The maximum atomic E-state index is 11.7. The van der Waals surface area contributed by atoms with E-state index in [2.05, 4.69) is 5.10 Å². The van der Waals surface area contributed by atoms with E-state index in [1.807, 2.05) is 13.0 Å². The molecule has 0 radical (unpaired) electrons. The molecule has 1 aromatic heterocycles. The summed E-state index contributed by atoms with van der Waals surface area (Å²) in [5.74, 6) is -0.0666. The summed E-state index contributed by atoms with van der Waals surface area (Å²) >= 11 is 0. The molecule has 0 aliphatic heterocycles. The summed E-state index contributed by atoms with van der Waals surface area (Å²) < 4.78 is 6.56. The molecule has 0 aliphatic carbocycles. The van der Waals surface area contributed by atoms with Crippen LogP contribution < -0.4 is 0 Å². The van der Waals surface area contributed by atoms with E-state index < -0.39 is 6.04 Å². The average molecular weight is 274 g/mol. The number of hydrogen-bond donors (Lipinski definition) is 1. The van der Waals surface area contributed by atoms with Crippen molar-refractivity contribution < 1.29 is 14.6 Å². The van der Waals surface area contributed by atoms with E-state index in [4.69, 9.17) is 4.74 Å². The molecule has 0 bridgehead atoms. The van der Waals surface area contributed by atoms with Crippen LogP contribution in [-0.4, -0.2) is 27.5 Å². The second-order valence-electron chi connectivity index (χ2n) is 4.64. The minimum atomic E-state index is -0.457. The van der Waals surface area contributed by atoms with Gasteiger partial charge in [-0.3, -0.25) is 4.68 Å². The fourth-order valence-electron chi connectivity index (χ4n) is 2.03. The molecule has 1 heterocycles. The zero-order chi connectivity index (χ0) is 14.7. The van der Waals surface area contributed by atoms with E-state index >= 15 is 0 Å². The predicted octanol–water partition coefficient (Wildman–Crippen LogP) is 2.69. The van der Waals surface area contributed by atoms with Crippen molar-refractivity contribution in [1.82, 2.24) is 9.78 Å². The lowest BCUT2D eigenvalue weighted by Gasteiger charge is -2.10. The first-order valence-electron chi connectivity index (χ1n) is 6.53. The van der Waals surface area contributed by atoms with E-state index in [-0.39, 0.29) is 11.7 Å². The van der Waals surface area contributed by atoms with Gasteiger partial charge in [-0.25, -0.2) is 4.79 Å². The number of esters is 1. The van der Waals surface area contributed by atoms with Gasteiger partial charge in [-0.1, -0.05) is 6.07 Å². The lowest BCUT2D eigenvalue weighted by molar-refractivity contribution is -0.146. The van der Waals surface area contributed by atoms with E-state index in [1.165, 1.54) is 0 Å². The molecule has 0 spiro atoms. The number of rotatable bonds is 4. The molecule has 1 unspecified atom stereocenters. The van der Waals surface area contributed by atoms with Crippen molar-refractivity contribution in [3.05, 3.63) is 36.2 Å². The number of carbonyl (C=O) groups is 1. The largest absolute Gasteiger partial charge is 0.508 e. The van der Waals surface area contributed by atoms with Crippen molar-refractivity contribution >= 4 is 5.97 Å². The molecule has 5 heteroatoms. The van der Waals surface area contributed by atoms with Crippen LogP contribution in [0.15, 0.2) is 30.6 Å². The van der Waals surface area contributed by atoms with Crippen LogP contribution in [0, 0.1) is 6.92 Å². The molecule has 1 atom stereocenters. The number of hydrogen-bond acceptors (Lipinski definition) is 4. The maximum absolute atomic E-state index is 11.7. The number of benzene rings is 1. The van der Waals surface area contributed by atoms with E-state index in [0.717, 1.165) is 16.7 Å². The molecule has 2 aromatic rings. The normalized spacial score (nSPS) is 12.2. The Hall–Kier alpha value is -2.30. The summed E-state index contributed by atoms with van der Waals surface area (Å²) in [6.07, 6.45) is 3.51. The van der Waals surface area contributed by atoms with Crippen molar-refractivity contribution in [2.45, 2.75) is 26.8 Å². The lowest BCUT2D eigenvalue weighted by atomic mass is 10.0. The van der Waals surface area contributed by atoms with Gasteiger partial charge in [-0.15, -0.1) is 0 Å². The Bertz CT molecular complexity index is 619. The van der Waals surface area contributed by atoms with Gasteiger partial charge < -0.3 is 9.84 Å². The third kappa shape index (κ3) is 2.82. The summed E-state index contributed by atoms with van der Waals surface area (Å²) in [5, 5.41) is 13.6. The summed E-state index contributed by atoms with van der Waals surface area (Å²) in [6, 6.07) is 4.71. The first-order chi connectivity index (χ1) is 9.52. The molecule has 0 aliphatic rings. The molecular weight excluding hydrogens is 256 g/mol. The molecule has 0 saturated heterocycles. The van der Waals surface area contributed by atoms with Crippen LogP contribution in [0.4, 0.5) is 0 Å². The van der Waals surface area contributed by atoms with Crippen molar-refractivity contribution in [2.24, 2.45) is 0 Å². The third-order valence-electron chi connectivity index (χ3n) is 3.15. The summed E-state index contributed by atoms with van der Waals surface area (Å²) in [6.45, 7) is 5.80. The third-order valence-corrected chi connectivity index (χ3v) is 3.15. The van der Waals surface area contributed by atoms with Gasteiger partial charge in [-0.2, -0.15) is 5.10 Å². The second kappa shape index (κ2) is 5.77. The molecule has 20 heavy (non-hydrogen) atoms. The molecule has 5 nitrogen and oxygen atoms in total. The number of phenolic OH excluding ortho intramolecular Hbond substituents is 1. The smallest absolute Gasteiger partial charge is 0.330 e. The summed E-state index contributed by atoms with van der Waals surface area (Å²) in [7, 11) is 0. The van der Waals surface area contributed by atoms with Crippen molar-refractivity contribution in [3.63, 3.8) is 0 Å².